The molecule has 3 N–H and O–H groups in total. The lowest BCUT2D eigenvalue weighted by atomic mass is 10.0. The Kier molecular flexibility index (Phi) is 5.09. The maximum absolute atomic E-state index is 12.3. The Bertz CT molecular complexity index is 710. The van der Waals surface area contributed by atoms with Crippen molar-refractivity contribution in [1.29, 1.82) is 0 Å². The van der Waals surface area contributed by atoms with E-state index in [4.69, 9.17) is 10.5 Å². The Hall–Kier alpha value is -2.33. The Morgan fingerprint density at radius 3 is 2.48 bits per heavy atom. The van der Waals surface area contributed by atoms with E-state index >= 15 is 0 Å². The van der Waals surface area contributed by atoms with E-state index < -0.39 is 0 Å². The Morgan fingerprint density at radius 1 is 1.16 bits per heavy atom. The van der Waals surface area contributed by atoms with Gasteiger partial charge >= 0.3 is 0 Å². The summed E-state index contributed by atoms with van der Waals surface area (Å²) in [6.45, 7) is 4.88. The lowest BCUT2D eigenvalue weighted by Gasteiger charge is -2.24. The largest absolute Gasteiger partial charge is 0.489 e. The van der Waals surface area contributed by atoms with Crippen LogP contribution in [-0.4, -0.2) is 18.0 Å². The van der Waals surface area contributed by atoms with E-state index in [1.54, 1.807) is 0 Å². The molecule has 4 nitrogen and oxygen atoms in total. The second-order valence-corrected chi connectivity index (χ2v) is 7.37. The van der Waals surface area contributed by atoms with Crippen molar-refractivity contribution in [3.05, 3.63) is 65.7 Å². The summed E-state index contributed by atoms with van der Waals surface area (Å²) in [7, 11) is 0. The summed E-state index contributed by atoms with van der Waals surface area (Å²) in [5.74, 6) is 1.31. The van der Waals surface area contributed by atoms with Gasteiger partial charge in [-0.2, -0.15) is 0 Å². The lowest BCUT2D eigenvalue weighted by Crippen LogP contribution is -2.49. The number of nitrogens with two attached hydrogens (primary N) is 1. The van der Waals surface area contributed by atoms with Crippen molar-refractivity contribution in [3.63, 3.8) is 0 Å². The molecule has 0 aliphatic heterocycles. The first-order valence-electron chi connectivity index (χ1n) is 8.77. The number of ether oxygens (including phenoxy) is 1. The first kappa shape index (κ1) is 17.5. The smallest absolute Gasteiger partial charge is 0.224 e. The first-order valence-corrected chi connectivity index (χ1v) is 8.77. The number of nitrogens with one attached hydrogen (secondary N) is 1. The van der Waals surface area contributed by atoms with Gasteiger partial charge in [-0.1, -0.05) is 42.5 Å². The van der Waals surface area contributed by atoms with Gasteiger partial charge in [-0.05, 0) is 49.4 Å². The van der Waals surface area contributed by atoms with E-state index in [0.29, 0.717) is 19.1 Å². The fourth-order valence-electron chi connectivity index (χ4n) is 2.88. The maximum Gasteiger partial charge on any atom is 0.224 e. The molecule has 2 unspecified atom stereocenters. The number of carbonyl (C=O) groups excluding carboxylic acids is 1. The van der Waals surface area contributed by atoms with Crippen LogP contribution in [0.2, 0.25) is 0 Å². The molecule has 132 valence electrons. The van der Waals surface area contributed by atoms with Gasteiger partial charge in [0, 0.05) is 18.0 Å². The topological polar surface area (TPSA) is 64.3 Å². The van der Waals surface area contributed by atoms with Crippen molar-refractivity contribution in [2.24, 2.45) is 11.7 Å². The molecule has 0 bridgehead atoms. The van der Waals surface area contributed by atoms with Crippen molar-refractivity contribution in [2.75, 3.05) is 6.54 Å². The van der Waals surface area contributed by atoms with Gasteiger partial charge in [0.15, 0.2) is 0 Å². The van der Waals surface area contributed by atoms with Crippen LogP contribution in [-0.2, 0) is 11.4 Å². The van der Waals surface area contributed by atoms with E-state index in [1.807, 2.05) is 56.3 Å². The molecular formula is C21H26N2O2. The highest BCUT2D eigenvalue weighted by Crippen LogP contribution is 2.48. The highest BCUT2D eigenvalue weighted by Gasteiger charge is 2.44. The predicted molar refractivity (Wildman–Crippen MR) is 99.3 cm³/mol. The normalized spacial score (nSPS) is 19.3. The van der Waals surface area contributed by atoms with Crippen LogP contribution in [0.1, 0.15) is 37.3 Å². The summed E-state index contributed by atoms with van der Waals surface area (Å²) >= 11 is 0. The van der Waals surface area contributed by atoms with Gasteiger partial charge in [0.1, 0.15) is 12.4 Å². The molecule has 0 aromatic heterocycles. The van der Waals surface area contributed by atoms with E-state index in [0.717, 1.165) is 17.7 Å². The molecular weight excluding hydrogens is 312 g/mol. The zero-order valence-electron chi connectivity index (χ0n) is 14.9. The van der Waals surface area contributed by atoms with Gasteiger partial charge in [-0.3, -0.25) is 4.79 Å². The van der Waals surface area contributed by atoms with Gasteiger partial charge < -0.3 is 15.8 Å². The van der Waals surface area contributed by atoms with Crippen LogP contribution in [0, 0.1) is 5.92 Å². The summed E-state index contributed by atoms with van der Waals surface area (Å²) in [6.07, 6.45) is 0.900. The minimum Gasteiger partial charge on any atom is -0.489 e. The highest BCUT2D eigenvalue weighted by atomic mass is 16.5. The van der Waals surface area contributed by atoms with Crippen LogP contribution >= 0.6 is 0 Å². The number of hydrogen-bond donors (Lipinski definition) is 2. The van der Waals surface area contributed by atoms with Crippen molar-refractivity contribution >= 4 is 5.91 Å². The second-order valence-electron chi connectivity index (χ2n) is 7.37. The number of hydrogen-bond acceptors (Lipinski definition) is 3. The van der Waals surface area contributed by atoms with Gasteiger partial charge in [-0.15, -0.1) is 0 Å². The third kappa shape index (κ3) is 4.60. The molecule has 1 saturated carbocycles. The molecule has 0 radical (unpaired) electrons. The fraction of sp³-hybridized carbons (Fsp3) is 0.381. The van der Waals surface area contributed by atoms with Crippen LogP contribution in [0.4, 0.5) is 0 Å². The van der Waals surface area contributed by atoms with Gasteiger partial charge in [0.05, 0.1) is 0 Å². The van der Waals surface area contributed by atoms with Crippen LogP contribution in [0.15, 0.2) is 54.6 Å². The van der Waals surface area contributed by atoms with Crippen LogP contribution in [0.5, 0.6) is 5.75 Å². The van der Waals surface area contributed by atoms with Crippen molar-refractivity contribution < 1.29 is 9.53 Å². The molecule has 0 spiro atoms. The first-order chi connectivity index (χ1) is 12.0. The number of carbonyl (C=O) groups is 1. The van der Waals surface area contributed by atoms with Crippen molar-refractivity contribution in [2.45, 2.75) is 38.3 Å². The molecule has 4 heteroatoms. The monoisotopic (exact) mass is 338 g/mol. The summed E-state index contributed by atoms with van der Waals surface area (Å²) < 4.78 is 5.81. The average molecular weight is 338 g/mol. The number of benzene rings is 2. The van der Waals surface area contributed by atoms with E-state index in [1.165, 1.54) is 5.56 Å². The van der Waals surface area contributed by atoms with E-state index in [-0.39, 0.29) is 17.4 Å². The van der Waals surface area contributed by atoms with Crippen LogP contribution < -0.4 is 15.8 Å². The molecule has 1 amide bonds. The van der Waals surface area contributed by atoms with Crippen molar-refractivity contribution in [3.8, 4) is 5.75 Å². The molecule has 2 atom stereocenters. The lowest BCUT2D eigenvalue weighted by molar-refractivity contribution is -0.123. The fourth-order valence-corrected chi connectivity index (χ4v) is 2.88. The molecule has 1 fully saturated rings. The minimum absolute atomic E-state index is 0.0573. The third-order valence-corrected chi connectivity index (χ3v) is 4.66. The summed E-state index contributed by atoms with van der Waals surface area (Å²) in [5, 5.41) is 3.03. The van der Waals surface area contributed by atoms with Gasteiger partial charge in [-0.25, -0.2) is 0 Å². The van der Waals surface area contributed by atoms with Crippen molar-refractivity contribution in [1.82, 2.24) is 5.32 Å². The zero-order valence-corrected chi connectivity index (χ0v) is 14.9. The molecule has 1 aliphatic rings. The SMILES string of the molecule is CC(C)(CN)NC(=O)C1CC1c1ccc(OCc2ccccc2)cc1. The highest BCUT2D eigenvalue weighted by molar-refractivity contribution is 5.83. The number of rotatable bonds is 7. The summed E-state index contributed by atoms with van der Waals surface area (Å²) in [4.78, 5) is 12.3. The molecule has 1 aliphatic carbocycles. The predicted octanol–water partition coefficient (Wildman–Crippen LogP) is 3.22. The van der Waals surface area contributed by atoms with Gasteiger partial charge in [0.25, 0.3) is 0 Å². The van der Waals surface area contributed by atoms with Crippen LogP contribution in [0.3, 0.4) is 0 Å². The maximum atomic E-state index is 12.3. The standard InChI is InChI=1S/C21H26N2O2/c1-21(2,14-22)23-20(24)19-12-18(19)16-8-10-17(11-9-16)25-13-15-6-4-3-5-7-15/h3-11,18-19H,12-14,22H2,1-2H3,(H,23,24). The average Bonchev–Trinajstić information content (AvgIpc) is 3.42. The quantitative estimate of drug-likeness (QED) is 0.815. The van der Waals surface area contributed by atoms with E-state index in [2.05, 4.69) is 17.4 Å². The Balaban J connectivity index is 1.52. The molecule has 25 heavy (non-hydrogen) atoms. The third-order valence-electron chi connectivity index (χ3n) is 4.66. The van der Waals surface area contributed by atoms with E-state index in [9.17, 15) is 4.79 Å². The Labute approximate surface area is 149 Å². The minimum atomic E-state index is -0.348. The number of amides is 1. The van der Waals surface area contributed by atoms with Gasteiger partial charge in [0.2, 0.25) is 5.91 Å². The Morgan fingerprint density at radius 2 is 1.84 bits per heavy atom. The molecule has 3 rings (SSSR count). The molecule has 2 aromatic rings. The molecule has 0 heterocycles. The zero-order chi connectivity index (χ0) is 17.9. The molecule has 2 aromatic carbocycles. The molecule has 0 saturated heterocycles. The van der Waals surface area contributed by atoms with Crippen LogP contribution in [0.25, 0.3) is 0 Å². The summed E-state index contributed by atoms with van der Waals surface area (Å²) in [6, 6.07) is 18.2. The summed E-state index contributed by atoms with van der Waals surface area (Å²) in [5.41, 5.74) is 7.67. The second kappa shape index (κ2) is 7.28.